The number of rotatable bonds is 3. The second kappa shape index (κ2) is 5.85. The van der Waals surface area contributed by atoms with Crippen LogP contribution in [0, 0.1) is 0 Å². The van der Waals surface area contributed by atoms with E-state index >= 15 is 0 Å². The molecule has 0 saturated heterocycles. The number of benzene rings is 2. The molecule has 0 aliphatic heterocycles. The lowest BCUT2D eigenvalue weighted by atomic mass is 10.0. The van der Waals surface area contributed by atoms with E-state index in [4.69, 9.17) is 9.15 Å². The molecule has 2 aromatic carbocycles. The van der Waals surface area contributed by atoms with Crippen molar-refractivity contribution >= 4 is 32.8 Å². The van der Waals surface area contributed by atoms with E-state index in [1.807, 2.05) is 42.5 Å². The fourth-order valence-electron chi connectivity index (χ4n) is 2.36. The molecule has 1 amide bonds. The van der Waals surface area contributed by atoms with Crippen LogP contribution < -0.4 is 10.1 Å². The zero-order chi connectivity index (χ0) is 15.7. The Hall–Kier alpha value is -2.27. The van der Waals surface area contributed by atoms with Gasteiger partial charge >= 0.3 is 0 Å². The molecule has 0 fully saturated rings. The Morgan fingerprint density at radius 3 is 2.55 bits per heavy atom. The van der Waals surface area contributed by atoms with Gasteiger partial charge in [0.25, 0.3) is 5.91 Å². The molecular weight excluding hydrogens is 346 g/mol. The zero-order valence-electron chi connectivity index (χ0n) is 12.1. The molecule has 5 heteroatoms. The molecule has 0 spiro atoms. The lowest BCUT2D eigenvalue weighted by Gasteiger charge is -2.03. The van der Waals surface area contributed by atoms with Gasteiger partial charge in [-0.15, -0.1) is 0 Å². The van der Waals surface area contributed by atoms with Crippen LogP contribution in [0.4, 0.5) is 0 Å². The third kappa shape index (κ3) is 2.48. The van der Waals surface area contributed by atoms with Gasteiger partial charge in [0.05, 0.1) is 12.7 Å². The highest BCUT2D eigenvalue weighted by Gasteiger charge is 2.21. The average molecular weight is 360 g/mol. The Balaban J connectivity index is 2.28. The summed E-state index contributed by atoms with van der Waals surface area (Å²) in [6.45, 7) is 0. The number of amides is 1. The minimum absolute atomic E-state index is 0.190. The van der Waals surface area contributed by atoms with Gasteiger partial charge in [0, 0.05) is 22.5 Å². The molecule has 0 aliphatic rings. The number of fused-ring (bicyclic) bond motifs is 1. The van der Waals surface area contributed by atoms with Crippen LogP contribution in [0.15, 0.2) is 51.4 Å². The number of carbonyl (C=O) groups excluding carboxylic acids is 1. The predicted octanol–water partition coefficient (Wildman–Crippen LogP) is 4.23. The van der Waals surface area contributed by atoms with E-state index in [-0.39, 0.29) is 5.91 Å². The number of nitrogens with one attached hydrogen (secondary N) is 1. The Bertz CT molecular complexity index is 837. The van der Waals surface area contributed by atoms with Crippen molar-refractivity contribution in [2.45, 2.75) is 0 Å². The fourth-order valence-corrected chi connectivity index (χ4v) is 2.62. The number of methoxy groups -OCH3 is 1. The summed E-state index contributed by atoms with van der Waals surface area (Å²) >= 11 is 3.41. The molecule has 4 nitrogen and oxygen atoms in total. The molecule has 0 saturated carbocycles. The van der Waals surface area contributed by atoms with E-state index in [2.05, 4.69) is 21.2 Å². The topological polar surface area (TPSA) is 51.5 Å². The SMILES string of the molecule is CNC(=O)c1c(-c2ccc(Br)cc2)oc2ccc(OC)cc12. The highest BCUT2D eigenvalue weighted by molar-refractivity contribution is 9.10. The largest absolute Gasteiger partial charge is 0.497 e. The Morgan fingerprint density at radius 2 is 1.91 bits per heavy atom. The third-order valence-electron chi connectivity index (χ3n) is 3.46. The number of carbonyl (C=O) groups is 1. The molecular formula is C17H14BrNO3. The van der Waals surface area contributed by atoms with Crippen LogP contribution in [0.2, 0.25) is 0 Å². The van der Waals surface area contributed by atoms with Crippen molar-refractivity contribution in [2.24, 2.45) is 0 Å². The average Bonchev–Trinajstić information content (AvgIpc) is 2.93. The van der Waals surface area contributed by atoms with E-state index in [1.54, 1.807) is 14.2 Å². The van der Waals surface area contributed by atoms with Crippen LogP contribution in [0.5, 0.6) is 5.75 Å². The smallest absolute Gasteiger partial charge is 0.255 e. The Morgan fingerprint density at radius 1 is 1.18 bits per heavy atom. The monoisotopic (exact) mass is 359 g/mol. The summed E-state index contributed by atoms with van der Waals surface area (Å²) in [7, 11) is 3.20. The van der Waals surface area contributed by atoms with E-state index in [9.17, 15) is 4.79 Å². The van der Waals surface area contributed by atoms with Gasteiger partial charge in [-0.2, -0.15) is 0 Å². The third-order valence-corrected chi connectivity index (χ3v) is 3.98. The number of halogens is 1. The first-order valence-electron chi connectivity index (χ1n) is 6.72. The van der Waals surface area contributed by atoms with Crippen molar-refractivity contribution in [1.29, 1.82) is 0 Å². The summed E-state index contributed by atoms with van der Waals surface area (Å²) in [5, 5.41) is 3.40. The summed E-state index contributed by atoms with van der Waals surface area (Å²) in [4.78, 5) is 12.3. The van der Waals surface area contributed by atoms with Crippen LogP contribution in [-0.2, 0) is 0 Å². The number of furan rings is 1. The first-order valence-corrected chi connectivity index (χ1v) is 7.52. The summed E-state index contributed by atoms with van der Waals surface area (Å²) < 4.78 is 12.1. The molecule has 0 aliphatic carbocycles. The molecule has 0 radical (unpaired) electrons. The van der Waals surface area contributed by atoms with E-state index < -0.39 is 0 Å². The maximum Gasteiger partial charge on any atom is 0.255 e. The lowest BCUT2D eigenvalue weighted by molar-refractivity contribution is 0.0964. The molecule has 0 unspecified atom stereocenters. The highest BCUT2D eigenvalue weighted by Crippen LogP contribution is 2.35. The van der Waals surface area contributed by atoms with Crippen LogP contribution in [-0.4, -0.2) is 20.1 Å². The predicted molar refractivity (Wildman–Crippen MR) is 89.3 cm³/mol. The number of hydrogen-bond acceptors (Lipinski definition) is 3. The van der Waals surface area contributed by atoms with Crippen molar-refractivity contribution in [3.8, 4) is 17.1 Å². The van der Waals surface area contributed by atoms with Gasteiger partial charge in [0.15, 0.2) is 0 Å². The standard InChI is InChI=1S/C17H14BrNO3/c1-19-17(20)15-13-9-12(21-2)7-8-14(13)22-16(15)10-3-5-11(18)6-4-10/h3-9H,1-2H3,(H,19,20). The Labute approximate surface area is 136 Å². The highest BCUT2D eigenvalue weighted by atomic mass is 79.9. The molecule has 1 aromatic heterocycles. The van der Waals surface area contributed by atoms with E-state index in [0.29, 0.717) is 22.7 Å². The molecule has 3 rings (SSSR count). The van der Waals surface area contributed by atoms with Gasteiger partial charge in [-0.05, 0) is 30.3 Å². The van der Waals surface area contributed by atoms with Crippen LogP contribution in [0.1, 0.15) is 10.4 Å². The van der Waals surface area contributed by atoms with Crippen LogP contribution in [0.25, 0.3) is 22.3 Å². The zero-order valence-corrected chi connectivity index (χ0v) is 13.7. The first-order chi connectivity index (χ1) is 10.6. The van der Waals surface area contributed by atoms with Gasteiger partial charge in [-0.1, -0.05) is 28.1 Å². The van der Waals surface area contributed by atoms with Gasteiger partial charge in [0.1, 0.15) is 17.1 Å². The molecule has 3 aromatic rings. The van der Waals surface area contributed by atoms with E-state index in [0.717, 1.165) is 15.4 Å². The lowest BCUT2D eigenvalue weighted by Crippen LogP contribution is -2.18. The minimum Gasteiger partial charge on any atom is -0.497 e. The van der Waals surface area contributed by atoms with Crippen LogP contribution >= 0.6 is 15.9 Å². The van der Waals surface area contributed by atoms with Crippen molar-refractivity contribution in [3.63, 3.8) is 0 Å². The van der Waals surface area contributed by atoms with Crippen molar-refractivity contribution < 1.29 is 13.9 Å². The van der Waals surface area contributed by atoms with E-state index in [1.165, 1.54) is 0 Å². The van der Waals surface area contributed by atoms with Gasteiger partial charge < -0.3 is 14.5 Å². The quantitative estimate of drug-likeness (QED) is 0.761. The molecule has 0 atom stereocenters. The molecule has 1 heterocycles. The number of hydrogen-bond donors (Lipinski definition) is 1. The maximum absolute atomic E-state index is 12.3. The first kappa shape index (κ1) is 14.7. The summed E-state index contributed by atoms with van der Waals surface area (Å²) in [5.41, 5.74) is 2.01. The van der Waals surface area contributed by atoms with Crippen molar-refractivity contribution in [2.75, 3.05) is 14.2 Å². The normalized spacial score (nSPS) is 10.7. The summed E-state index contributed by atoms with van der Waals surface area (Å²) in [5.74, 6) is 1.04. The Kier molecular flexibility index (Phi) is 3.90. The maximum atomic E-state index is 12.3. The van der Waals surface area contributed by atoms with Gasteiger partial charge in [-0.25, -0.2) is 0 Å². The minimum atomic E-state index is -0.190. The summed E-state index contributed by atoms with van der Waals surface area (Å²) in [6, 6.07) is 13.1. The number of ether oxygens (including phenoxy) is 1. The van der Waals surface area contributed by atoms with Crippen LogP contribution in [0.3, 0.4) is 0 Å². The van der Waals surface area contributed by atoms with Crippen molar-refractivity contribution in [3.05, 3.63) is 52.5 Å². The second-order valence-corrected chi connectivity index (χ2v) is 5.67. The molecule has 112 valence electrons. The molecule has 0 bridgehead atoms. The molecule has 22 heavy (non-hydrogen) atoms. The second-order valence-electron chi connectivity index (χ2n) is 4.75. The molecule has 1 N–H and O–H groups in total. The summed E-state index contributed by atoms with van der Waals surface area (Å²) in [6.07, 6.45) is 0. The fraction of sp³-hybridized carbons (Fsp3) is 0.118. The van der Waals surface area contributed by atoms with Gasteiger partial charge in [0.2, 0.25) is 0 Å². The van der Waals surface area contributed by atoms with Crippen molar-refractivity contribution in [1.82, 2.24) is 5.32 Å². The van der Waals surface area contributed by atoms with Gasteiger partial charge in [-0.3, -0.25) is 4.79 Å².